The molecule has 3 nitrogen and oxygen atoms in total. The molecule has 0 radical (unpaired) electrons. The minimum Gasteiger partial charge on any atom is -0.208 e. The average molecular weight is 630 g/mol. The lowest BCUT2D eigenvalue weighted by atomic mass is 9.67. The van der Waals surface area contributed by atoms with Crippen molar-refractivity contribution >= 4 is 22.5 Å². The predicted molar refractivity (Wildman–Crippen MR) is 195 cm³/mol. The largest absolute Gasteiger partial charge is 0.208 e. The lowest BCUT2D eigenvalue weighted by Crippen LogP contribution is -2.32. The Bertz CT molecular complexity index is 2510. The first-order valence-electron chi connectivity index (χ1n) is 16.2. The van der Waals surface area contributed by atoms with Gasteiger partial charge in [-0.25, -0.2) is 15.0 Å². The molecule has 8 aromatic rings. The fraction of sp³-hybridized carbons (Fsp3) is 0.0227. The van der Waals surface area contributed by atoms with Crippen LogP contribution in [0.1, 0.15) is 22.3 Å². The quantitative estimate of drug-likeness (QED) is 0.195. The Morgan fingerprint density at radius 3 is 1.69 bits per heavy atom. The topological polar surface area (TPSA) is 38.7 Å². The minimum atomic E-state index is -0.464. The molecule has 7 aromatic carbocycles. The molecule has 1 spiro atoms. The second-order valence-electron chi connectivity index (χ2n) is 12.3. The number of hydrogen-bond acceptors (Lipinski definition) is 4. The van der Waals surface area contributed by atoms with Crippen molar-refractivity contribution in [3.05, 3.63) is 186 Å². The molecule has 0 saturated carbocycles. The SMILES string of the molecule is c1ccc(-c2nc(-c3cccc4c3Sc3ccccc3C43c4ccccc4-c4ccccc43)nc(-c3cccc4ccccc34)n2)cc1. The van der Waals surface area contributed by atoms with Crippen molar-refractivity contribution in [2.45, 2.75) is 15.2 Å². The van der Waals surface area contributed by atoms with Gasteiger partial charge in [-0.15, -0.1) is 0 Å². The first-order valence-corrected chi connectivity index (χ1v) is 17.0. The Morgan fingerprint density at radius 2 is 0.896 bits per heavy atom. The zero-order valence-electron chi connectivity index (χ0n) is 25.8. The van der Waals surface area contributed by atoms with Crippen molar-refractivity contribution in [2.75, 3.05) is 0 Å². The van der Waals surface area contributed by atoms with Crippen LogP contribution in [-0.2, 0) is 5.41 Å². The molecule has 1 aliphatic carbocycles. The third-order valence-electron chi connectivity index (χ3n) is 9.81. The van der Waals surface area contributed by atoms with E-state index >= 15 is 0 Å². The van der Waals surface area contributed by atoms with Gasteiger partial charge in [-0.1, -0.05) is 169 Å². The highest BCUT2D eigenvalue weighted by Crippen LogP contribution is 2.63. The smallest absolute Gasteiger partial charge is 0.165 e. The molecule has 0 unspecified atom stereocenters. The van der Waals surface area contributed by atoms with Crippen LogP contribution in [0.25, 0.3) is 56.1 Å². The third-order valence-corrected chi connectivity index (χ3v) is 11.0. The van der Waals surface area contributed by atoms with Gasteiger partial charge in [0.15, 0.2) is 17.5 Å². The number of hydrogen-bond donors (Lipinski definition) is 0. The molecule has 4 heteroatoms. The van der Waals surface area contributed by atoms with Gasteiger partial charge in [-0.3, -0.25) is 0 Å². The highest BCUT2D eigenvalue weighted by molar-refractivity contribution is 7.99. The Hall–Kier alpha value is -5.84. The molecule has 224 valence electrons. The van der Waals surface area contributed by atoms with Crippen molar-refractivity contribution < 1.29 is 0 Å². The molecular formula is C44H27N3S. The number of benzene rings is 7. The third kappa shape index (κ3) is 3.87. The van der Waals surface area contributed by atoms with E-state index in [1.165, 1.54) is 43.2 Å². The van der Waals surface area contributed by atoms with E-state index in [9.17, 15) is 0 Å². The summed E-state index contributed by atoms with van der Waals surface area (Å²) in [6, 6.07) is 58.4. The minimum absolute atomic E-state index is 0.464. The van der Waals surface area contributed by atoms with Crippen LogP contribution in [0.3, 0.4) is 0 Å². The summed E-state index contributed by atoms with van der Waals surface area (Å²) >= 11 is 1.82. The summed E-state index contributed by atoms with van der Waals surface area (Å²) in [5.41, 5.74) is 10.3. The summed E-state index contributed by atoms with van der Waals surface area (Å²) in [7, 11) is 0. The van der Waals surface area contributed by atoms with Crippen LogP contribution in [0.2, 0.25) is 0 Å². The molecule has 0 fully saturated rings. The molecule has 0 bridgehead atoms. The van der Waals surface area contributed by atoms with Gasteiger partial charge in [0, 0.05) is 26.5 Å². The maximum atomic E-state index is 5.28. The van der Waals surface area contributed by atoms with E-state index in [1.807, 2.05) is 30.0 Å². The molecule has 1 aliphatic heterocycles. The van der Waals surface area contributed by atoms with Gasteiger partial charge in [0.05, 0.1) is 5.41 Å². The van der Waals surface area contributed by atoms with Crippen molar-refractivity contribution in [2.24, 2.45) is 0 Å². The van der Waals surface area contributed by atoms with Gasteiger partial charge in [-0.05, 0) is 50.2 Å². The lowest BCUT2D eigenvalue weighted by Gasteiger charge is -2.40. The standard InChI is InChI=1S/C44H27N3S/c1-2-15-29(16-3-1)41-45-42(33-21-12-17-28-14-4-5-18-30(28)33)47-43(46-41)34-22-13-26-38-40(34)48-39-27-11-10-25-37(39)44(38)35-23-8-6-19-31(35)32-20-7-9-24-36(32)44/h1-27H. The van der Waals surface area contributed by atoms with Crippen molar-refractivity contribution in [3.8, 4) is 45.3 Å². The molecule has 2 aliphatic rings. The van der Waals surface area contributed by atoms with Crippen LogP contribution in [0.5, 0.6) is 0 Å². The van der Waals surface area contributed by atoms with E-state index in [1.54, 1.807) is 0 Å². The molecule has 0 atom stereocenters. The van der Waals surface area contributed by atoms with Crippen molar-refractivity contribution in [1.29, 1.82) is 0 Å². The second kappa shape index (κ2) is 10.6. The van der Waals surface area contributed by atoms with Crippen molar-refractivity contribution in [3.63, 3.8) is 0 Å². The Labute approximate surface area is 283 Å². The highest BCUT2D eigenvalue weighted by atomic mass is 32.2. The van der Waals surface area contributed by atoms with Crippen LogP contribution in [0.4, 0.5) is 0 Å². The number of nitrogens with zero attached hydrogens (tertiary/aromatic N) is 3. The first-order chi connectivity index (χ1) is 23.8. The van der Waals surface area contributed by atoms with Gasteiger partial charge in [0.25, 0.3) is 0 Å². The monoisotopic (exact) mass is 629 g/mol. The van der Waals surface area contributed by atoms with Crippen LogP contribution in [0.15, 0.2) is 174 Å². The molecule has 0 saturated heterocycles. The maximum Gasteiger partial charge on any atom is 0.165 e. The zero-order valence-corrected chi connectivity index (χ0v) is 26.7. The predicted octanol–water partition coefficient (Wildman–Crippen LogP) is 10.9. The van der Waals surface area contributed by atoms with Gasteiger partial charge in [0.1, 0.15) is 0 Å². The van der Waals surface area contributed by atoms with Gasteiger partial charge in [0.2, 0.25) is 0 Å². The molecule has 0 amide bonds. The molecule has 1 aromatic heterocycles. The average Bonchev–Trinajstić information content (AvgIpc) is 3.45. The maximum absolute atomic E-state index is 5.28. The Balaban J connectivity index is 1.28. The summed E-state index contributed by atoms with van der Waals surface area (Å²) in [6.45, 7) is 0. The molecule has 48 heavy (non-hydrogen) atoms. The van der Waals surface area contributed by atoms with E-state index in [2.05, 4.69) is 146 Å². The molecule has 0 N–H and O–H groups in total. The van der Waals surface area contributed by atoms with Crippen LogP contribution >= 0.6 is 11.8 Å². The van der Waals surface area contributed by atoms with Crippen LogP contribution in [0, 0.1) is 0 Å². The molecule has 2 heterocycles. The second-order valence-corrected chi connectivity index (χ2v) is 13.4. The van der Waals surface area contributed by atoms with E-state index in [-0.39, 0.29) is 0 Å². The number of aromatic nitrogens is 3. The fourth-order valence-electron chi connectivity index (χ4n) is 7.81. The first kappa shape index (κ1) is 27.3. The Kier molecular flexibility index (Phi) is 6.02. The summed E-state index contributed by atoms with van der Waals surface area (Å²) in [5.74, 6) is 2.00. The van der Waals surface area contributed by atoms with Gasteiger partial charge < -0.3 is 0 Å². The summed E-state index contributed by atoms with van der Waals surface area (Å²) < 4.78 is 0. The highest BCUT2D eigenvalue weighted by Gasteiger charge is 2.50. The Morgan fingerprint density at radius 1 is 0.375 bits per heavy atom. The van der Waals surface area contributed by atoms with E-state index in [4.69, 9.17) is 15.0 Å². The number of rotatable bonds is 3. The summed E-state index contributed by atoms with van der Waals surface area (Å²) in [5, 5.41) is 2.27. The molecule has 10 rings (SSSR count). The summed E-state index contributed by atoms with van der Waals surface area (Å²) in [6.07, 6.45) is 0. The molecular weight excluding hydrogens is 603 g/mol. The number of fused-ring (bicyclic) bond motifs is 10. The lowest BCUT2D eigenvalue weighted by molar-refractivity contribution is 0.722. The van der Waals surface area contributed by atoms with Gasteiger partial charge >= 0.3 is 0 Å². The fourth-order valence-corrected chi connectivity index (χ4v) is 9.11. The summed E-state index contributed by atoms with van der Waals surface area (Å²) in [4.78, 5) is 18.0. The van der Waals surface area contributed by atoms with Crippen LogP contribution in [-0.4, -0.2) is 15.0 Å². The van der Waals surface area contributed by atoms with E-state index in [0.29, 0.717) is 17.5 Å². The zero-order chi connectivity index (χ0) is 31.7. The van der Waals surface area contributed by atoms with E-state index < -0.39 is 5.41 Å². The van der Waals surface area contributed by atoms with E-state index in [0.717, 1.165) is 27.5 Å². The van der Waals surface area contributed by atoms with Crippen molar-refractivity contribution in [1.82, 2.24) is 15.0 Å². The van der Waals surface area contributed by atoms with Gasteiger partial charge in [-0.2, -0.15) is 0 Å². The van der Waals surface area contributed by atoms with Crippen LogP contribution < -0.4 is 0 Å². The normalized spacial score (nSPS) is 13.5.